The summed E-state index contributed by atoms with van der Waals surface area (Å²) in [5.74, 6) is 0. The van der Waals surface area contributed by atoms with E-state index in [4.69, 9.17) is 0 Å². The van der Waals surface area contributed by atoms with Crippen LogP contribution in [0.2, 0.25) is 0 Å². The van der Waals surface area contributed by atoms with E-state index in [1.165, 1.54) is 0 Å². The quantitative estimate of drug-likeness (QED) is 0.477. The molecule has 0 amide bonds. The molecule has 0 aromatic carbocycles. The molecule has 0 unspecified atom stereocenters. The Morgan fingerprint density at radius 1 is 0.600 bits per heavy atom. The Kier molecular flexibility index (Phi) is 34000. The van der Waals surface area contributed by atoms with Gasteiger partial charge in [-0.2, -0.15) is 0 Å². The van der Waals surface area contributed by atoms with Crippen molar-refractivity contribution in [1.29, 1.82) is 0 Å². The molecule has 0 aromatic rings. The molecule has 0 saturated carbocycles. The SMILES string of the molecule is [NH4+].[OH-].[OH-].[OH-].[V]. The first kappa shape index (κ1) is 589. The molecule has 0 fully saturated rings. The van der Waals surface area contributed by atoms with Crippen molar-refractivity contribution in [1.82, 2.24) is 6.15 Å². The van der Waals surface area contributed by atoms with Crippen LogP contribution in [0.3, 0.4) is 0 Å². The van der Waals surface area contributed by atoms with Crippen LogP contribution in [0.5, 0.6) is 0 Å². The molecule has 7 N–H and O–H groups in total. The van der Waals surface area contributed by atoms with E-state index >= 15 is 0 Å². The second kappa shape index (κ2) is 288. The van der Waals surface area contributed by atoms with E-state index in [9.17, 15) is 0 Å². The molecule has 0 atom stereocenters. The van der Waals surface area contributed by atoms with E-state index < -0.39 is 0 Å². The van der Waals surface area contributed by atoms with Crippen molar-refractivity contribution in [2.24, 2.45) is 0 Å². The van der Waals surface area contributed by atoms with Crippen LogP contribution in [-0.2, 0) is 18.6 Å². The Labute approximate surface area is 42.0 Å². The molecule has 4 nitrogen and oxygen atoms in total. The van der Waals surface area contributed by atoms with Crippen LogP contribution in [0.1, 0.15) is 0 Å². The monoisotopic (exact) mass is 120 g/mol. The number of quaternary nitrogens is 1. The van der Waals surface area contributed by atoms with Crippen LogP contribution in [0.4, 0.5) is 0 Å². The normalized spacial score (nSPS) is 0. The molecule has 0 aliphatic heterocycles. The average Bonchev–Trinajstić information content (AvgIpc) is 0. The van der Waals surface area contributed by atoms with Gasteiger partial charge in [-0.05, 0) is 0 Å². The van der Waals surface area contributed by atoms with Gasteiger partial charge in [0.05, 0.1) is 0 Å². The Morgan fingerprint density at radius 2 is 0.600 bits per heavy atom. The van der Waals surface area contributed by atoms with Crippen molar-refractivity contribution in [2.75, 3.05) is 0 Å². The van der Waals surface area contributed by atoms with Crippen molar-refractivity contribution in [3.63, 3.8) is 0 Å². The van der Waals surface area contributed by atoms with Gasteiger partial charge in [0, 0.05) is 18.6 Å². The van der Waals surface area contributed by atoms with Gasteiger partial charge in [-0.3, -0.25) is 0 Å². The summed E-state index contributed by atoms with van der Waals surface area (Å²) < 4.78 is 0. The van der Waals surface area contributed by atoms with Crippen molar-refractivity contribution >= 4 is 0 Å². The maximum atomic E-state index is 0. The number of rotatable bonds is 0. The molecule has 37 valence electrons. The van der Waals surface area contributed by atoms with Gasteiger partial charge in [-0.15, -0.1) is 0 Å². The van der Waals surface area contributed by atoms with Crippen molar-refractivity contribution in [3.05, 3.63) is 0 Å². The van der Waals surface area contributed by atoms with Crippen molar-refractivity contribution in [2.45, 2.75) is 0 Å². The Balaban J connectivity index is 0. The van der Waals surface area contributed by atoms with E-state index in [0.29, 0.717) is 0 Å². The maximum Gasteiger partial charge on any atom is 0 e. The predicted octanol–water partition coefficient (Wildman–Crippen LogP) is -0.157. The van der Waals surface area contributed by atoms with E-state index in [1.54, 1.807) is 0 Å². The minimum atomic E-state index is 0. The molecular formula is H7NO3V-2. The van der Waals surface area contributed by atoms with E-state index in [1.807, 2.05) is 0 Å². The zero-order chi connectivity index (χ0) is 0. The summed E-state index contributed by atoms with van der Waals surface area (Å²) in [4.78, 5) is 0. The molecule has 1 radical (unpaired) electrons. The van der Waals surface area contributed by atoms with Gasteiger partial charge in [0.1, 0.15) is 0 Å². The molecule has 5 heavy (non-hydrogen) atoms. The summed E-state index contributed by atoms with van der Waals surface area (Å²) >= 11 is 0. The van der Waals surface area contributed by atoms with Gasteiger partial charge < -0.3 is 22.6 Å². The van der Waals surface area contributed by atoms with Crippen LogP contribution >= 0.6 is 0 Å². The third-order valence-corrected chi connectivity index (χ3v) is 0. The second-order valence-electron chi connectivity index (χ2n) is 0. The van der Waals surface area contributed by atoms with Crippen LogP contribution in [0.25, 0.3) is 0 Å². The largest absolute Gasteiger partial charge is 0.870 e. The van der Waals surface area contributed by atoms with Crippen LogP contribution in [0.15, 0.2) is 0 Å². The number of hydrogen-bond donors (Lipinski definition) is 1. The van der Waals surface area contributed by atoms with Crippen LogP contribution in [0, 0.1) is 0 Å². The van der Waals surface area contributed by atoms with E-state index in [0.717, 1.165) is 0 Å². The zero-order valence-electron chi connectivity index (χ0n) is 2.79. The first-order chi connectivity index (χ1) is 0. The Hall–Kier alpha value is 0.424. The fraction of sp³-hybridized carbons (Fsp3) is 0. The molecule has 0 bridgehead atoms. The first-order valence-electron chi connectivity index (χ1n) is 0. The summed E-state index contributed by atoms with van der Waals surface area (Å²) in [6, 6.07) is 0. The maximum absolute atomic E-state index is 0. The fourth-order valence-corrected chi connectivity index (χ4v) is 0. The number of hydrogen-bond acceptors (Lipinski definition) is 3. The van der Waals surface area contributed by atoms with Crippen LogP contribution < -0.4 is 6.15 Å². The molecule has 0 aliphatic carbocycles. The van der Waals surface area contributed by atoms with Gasteiger partial charge in [-0.25, -0.2) is 0 Å². The van der Waals surface area contributed by atoms with Crippen molar-refractivity contribution < 1.29 is 35.0 Å². The summed E-state index contributed by atoms with van der Waals surface area (Å²) in [5, 5.41) is 0. The second-order valence-corrected chi connectivity index (χ2v) is 0. The Bertz CT molecular complexity index is 6.85. The van der Waals surface area contributed by atoms with Crippen molar-refractivity contribution in [3.8, 4) is 0 Å². The van der Waals surface area contributed by atoms with Gasteiger partial charge in [0.2, 0.25) is 0 Å². The molecule has 0 saturated heterocycles. The van der Waals surface area contributed by atoms with Gasteiger partial charge in [0.15, 0.2) is 0 Å². The molecule has 0 aromatic heterocycles. The minimum absolute atomic E-state index is 0. The summed E-state index contributed by atoms with van der Waals surface area (Å²) in [6.45, 7) is 0. The third kappa shape index (κ3) is 144. The molecular weight excluding hydrogens is 113 g/mol. The minimum Gasteiger partial charge on any atom is -0.870 e. The third-order valence-electron chi connectivity index (χ3n) is 0. The van der Waals surface area contributed by atoms with Crippen LogP contribution in [-0.4, -0.2) is 16.4 Å². The molecule has 0 rings (SSSR count). The van der Waals surface area contributed by atoms with E-state index in [2.05, 4.69) is 0 Å². The predicted molar refractivity (Wildman–Crippen MR) is 11.8 cm³/mol. The molecule has 5 heteroatoms. The molecule has 0 spiro atoms. The fourth-order valence-electron chi connectivity index (χ4n) is 0. The van der Waals surface area contributed by atoms with Gasteiger partial charge in [-0.1, -0.05) is 0 Å². The summed E-state index contributed by atoms with van der Waals surface area (Å²) in [6.07, 6.45) is 0. The first-order valence-corrected chi connectivity index (χ1v) is 0. The molecule has 0 aliphatic rings. The van der Waals surface area contributed by atoms with Gasteiger partial charge >= 0.3 is 0 Å². The topological polar surface area (TPSA) is 126 Å². The standard InChI is InChI=1S/H3N.3H2O.V/h1H3;3*1H2;/p-2. The smallest absolute Gasteiger partial charge is 0 e. The Morgan fingerprint density at radius 3 is 0.600 bits per heavy atom. The van der Waals surface area contributed by atoms with Gasteiger partial charge in [0.25, 0.3) is 0 Å². The zero-order valence-corrected chi connectivity index (χ0v) is 4.19. The summed E-state index contributed by atoms with van der Waals surface area (Å²) in [5.41, 5.74) is 0. The average molecular weight is 120 g/mol. The van der Waals surface area contributed by atoms with E-state index in [-0.39, 0.29) is 41.1 Å². The molecule has 0 heterocycles. The summed E-state index contributed by atoms with van der Waals surface area (Å²) in [7, 11) is 0.